The van der Waals surface area contributed by atoms with Gasteiger partial charge in [0.15, 0.2) is 0 Å². The molecule has 0 spiro atoms. The van der Waals surface area contributed by atoms with Gasteiger partial charge in [-0.05, 0) is 47.9 Å². The van der Waals surface area contributed by atoms with Gasteiger partial charge in [-0.3, -0.25) is 4.31 Å². The zero-order chi connectivity index (χ0) is 14.9. The van der Waals surface area contributed by atoms with Crippen molar-refractivity contribution < 1.29 is 8.42 Å². The number of benzene rings is 1. The van der Waals surface area contributed by atoms with Crippen molar-refractivity contribution in [1.82, 2.24) is 0 Å². The second-order valence-electron chi connectivity index (χ2n) is 5.07. The van der Waals surface area contributed by atoms with Crippen molar-refractivity contribution in [3.8, 4) is 0 Å². The first kappa shape index (κ1) is 14.9. The van der Waals surface area contributed by atoms with Crippen LogP contribution in [0.15, 0.2) is 39.9 Å². The third-order valence-electron chi connectivity index (χ3n) is 3.65. The maximum atomic E-state index is 12.9. The van der Waals surface area contributed by atoms with Crippen molar-refractivity contribution in [2.45, 2.75) is 29.4 Å². The van der Waals surface area contributed by atoms with Crippen LogP contribution in [-0.2, 0) is 22.3 Å². The van der Waals surface area contributed by atoms with Gasteiger partial charge in [0.2, 0.25) is 0 Å². The number of fused-ring (bicyclic) bond motifs is 1. The maximum Gasteiger partial charge on any atom is 0.273 e. The molecule has 0 N–H and O–H groups in total. The molecular weight excluding hydrogens is 326 g/mol. The minimum atomic E-state index is -3.49. The average molecular weight is 342 g/mol. The Bertz CT molecular complexity index is 740. The van der Waals surface area contributed by atoms with Gasteiger partial charge in [-0.15, -0.1) is 22.9 Å². The largest absolute Gasteiger partial charge is 0.273 e. The van der Waals surface area contributed by atoms with Gasteiger partial charge in [-0.2, -0.15) is 0 Å². The molecule has 0 radical (unpaired) electrons. The fraction of sp³-hybridized carbons (Fsp3) is 0.333. The van der Waals surface area contributed by atoms with E-state index >= 15 is 0 Å². The molecule has 1 aromatic heterocycles. The molecule has 3 rings (SSSR count). The first-order valence-electron chi connectivity index (χ1n) is 6.87. The number of hydrogen-bond donors (Lipinski definition) is 0. The zero-order valence-corrected chi connectivity index (χ0v) is 13.8. The predicted molar refractivity (Wildman–Crippen MR) is 87.8 cm³/mol. The van der Waals surface area contributed by atoms with E-state index in [0.717, 1.165) is 36.1 Å². The summed E-state index contributed by atoms with van der Waals surface area (Å²) in [6.45, 7) is 0.535. The van der Waals surface area contributed by atoms with Crippen molar-refractivity contribution in [3.05, 3.63) is 46.8 Å². The molecule has 0 bridgehead atoms. The van der Waals surface area contributed by atoms with E-state index in [-0.39, 0.29) is 0 Å². The van der Waals surface area contributed by atoms with E-state index in [1.165, 1.54) is 11.3 Å². The van der Waals surface area contributed by atoms with Crippen LogP contribution in [0.4, 0.5) is 5.69 Å². The van der Waals surface area contributed by atoms with Crippen molar-refractivity contribution in [2.75, 3.05) is 10.8 Å². The van der Waals surface area contributed by atoms with E-state index in [0.29, 0.717) is 16.6 Å². The summed E-state index contributed by atoms with van der Waals surface area (Å²) in [6, 6.07) is 9.45. The molecule has 2 aromatic rings. The molecule has 0 atom stereocenters. The molecule has 21 heavy (non-hydrogen) atoms. The van der Waals surface area contributed by atoms with E-state index in [4.69, 9.17) is 11.6 Å². The number of para-hydroxylation sites is 1. The Kier molecular flexibility index (Phi) is 4.24. The fourth-order valence-electron chi connectivity index (χ4n) is 2.57. The van der Waals surface area contributed by atoms with Crippen molar-refractivity contribution in [2.24, 2.45) is 0 Å². The molecule has 0 saturated carbocycles. The fourth-order valence-corrected chi connectivity index (χ4v) is 5.68. The molecule has 1 aliphatic rings. The lowest BCUT2D eigenvalue weighted by Crippen LogP contribution is -2.31. The lowest BCUT2D eigenvalue weighted by Gasteiger charge is -2.23. The number of nitrogens with zero attached hydrogens (tertiary/aromatic N) is 1. The Labute approximate surface area is 134 Å². The Hall–Kier alpha value is -1.04. The molecule has 1 aromatic carbocycles. The van der Waals surface area contributed by atoms with E-state index < -0.39 is 10.0 Å². The summed E-state index contributed by atoms with van der Waals surface area (Å²) >= 11 is 7.02. The normalized spacial score (nSPS) is 15.6. The van der Waals surface area contributed by atoms with Crippen LogP contribution in [0.5, 0.6) is 0 Å². The molecule has 0 aliphatic carbocycles. The predicted octanol–water partition coefficient (Wildman–Crippen LogP) is 4.02. The third-order valence-corrected chi connectivity index (χ3v) is 7.23. The van der Waals surface area contributed by atoms with Gasteiger partial charge in [0.25, 0.3) is 10.0 Å². The van der Waals surface area contributed by atoms with Crippen molar-refractivity contribution in [3.63, 3.8) is 0 Å². The van der Waals surface area contributed by atoms with E-state index in [2.05, 4.69) is 0 Å². The van der Waals surface area contributed by atoms with E-state index in [9.17, 15) is 8.42 Å². The van der Waals surface area contributed by atoms with E-state index in [1.54, 1.807) is 10.4 Å². The summed E-state index contributed by atoms with van der Waals surface area (Å²) in [5, 5.41) is 1.81. The Balaban J connectivity index is 2.06. The molecule has 3 nitrogen and oxygen atoms in total. The first-order valence-corrected chi connectivity index (χ1v) is 9.72. The average Bonchev–Trinajstić information content (AvgIpc) is 2.87. The number of thiophene rings is 1. The summed E-state index contributed by atoms with van der Waals surface area (Å²) in [5.41, 5.74) is 2.77. The highest BCUT2D eigenvalue weighted by Crippen LogP contribution is 2.33. The quantitative estimate of drug-likeness (QED) is 0.791. The van der Waals surface area contributed by atoms with Gasteiger partial charge in [0.1, 0.15) is 4.21 Å². The smallest absolute Gasteiger partial charge is 0.265 e. The molecule has 112 valence electrons. The molecule has 0 unspecified atom stereocenters. The van der Waals surface area contributed by atoms with Crippen molar-refractivity contribution in [1.29, 1.82) is 0 Å². The standard InChI is InChI=1S/C15H16ClNO2S2/c16-10-12-9-15(20-11-12)21(18,19)17-8-4-3-6-13-5-1-2-7-14(13)17/h1-2,5,7,9,11H,3-4,6,8,10H2. The number of anilines is 1. The number of rotatable bonds is 3. The number of sulfonamides is 1. The van der Waals surface area contributed by atoms with Gasteiger partial charge >= 0.3 is 0 Å². The number of aryl methyl sites for hydroxylation is 1. The zero-order valence-electron chi connectivity index (χ0n) is 11.5. The second-order valence-corrected chi connectivity index (χ2v) is 8.34. The summed E-state index contributed by atoms with van der Waals surface area (Å²) in [4.78, 5) is 0. The van der Waals surface area contributed by atoms with Crippen LogP contribution in [0, 0.1) is 0 Å². The van der Waals surface area contributed by atoms with Gasteiger partial charge in [0, 0.05) is 12.4 Å². The Morgan fingerprint density at radius 2 is 2.05 bits per heavy atom. The summed E-state index contributed by atoms with van der Waals surface area (Å²) < 4.78 is 27.8. The highest BCUT2D eigenvalue weighted by molar-refractivity contribution is 7.94. The molecule has 2 heterocycles. The number of alkyl halides is 1. The van der Waals surface area contributed by atoms with Crippen molar-refractivity contribution >= 4 is 38.6 Å². The van der Waals surface area contributed by atoms with E-state index in [1.807, 2.05) is 29.6 Å². The molecule has 0 amide bonds. The Morgan fingerprint density at radius 1 is 1.24 bits per heavy atom. The topological polar surface area (TPSA) is 37.4 Å². The third kappa shape index (κ3) is 2.82. The molecule has 0 fully saturated rings. The lowest BCUT2D eigenvalue weighted by molar-refractivity contribution is 0.591. The van der Waals surface area contributed by atoms with Crippen LogP contribution in [0.2, 0.25) is 0 Å². The first-order chi connectivity index (χ1) is 10.1. The molecule has 6 heteroatoms. The highest BCUT2D eigenvalue weighted by atomic mass is 35.5. The summed E-state index contributed by atoms with van der Waals surface area (Å²) in [7, 11) is -3.49. The lowest BCUT2D eigenvalue weighted by atomic mass is 10.1. The minimum Gasteiger partial charge on any atom is -0.265 e. The van der Waals surface area contributed by atoms with Crippen LogP contribution in [0.1, 0.15) is 24.0 Å². The molecule has 1 aliphatic heterocycles. The molecular formula is C15H16ClNO2S2. The van der Waals surface area contributed by atoms with Gasteiger partial charge < -0.3 is 0 Å². The van der Waals surface area contributed by atoms with Gasteiger partial charge in [-0.1, -0.05) is 18.2 Å². The highest BCUT2D eigenvalue weighted by Gasteiger charge is 2.29. The van der Waals surface area contributed by atoms with Gasteiger partial charge in [0.05, 0.1) is 5.69 Å². The summed E-state index contributed by atoms with van der Waals surface area (Å²) in [6.07, 6.45) is 2.82. The Morgan fingerprint density at radius 3 is 2.81 bits per heavy atom. The number of halogens is 1. The van der Waals surface area contributed by atoms with Crippen LogP contribution in [0.3, 0.4) is 0 Å². The molecule has 0 saturated heterocycles. The minimum absolute atomic E-state index is 0.336. The second kappa shape index (κ2) is 5.99. The SMILES string of the molecule is O=S(=O)(c1cc(CCl)cs1)N1CCCCc2ccccc21. The van der Waals surface area contributed by atoms with Gasteiger partial charge in [-0.25, -0.2) is 8.42 Å². The summed E-state index contributed by atoms with van der Waals surface area (Å²) in [5.74, 6) is 0.336. The van der Waals surface area contributed by atoms with Crippen LogP contribution in [-0.4, -0.2) is 15.0 Å². The number of hydrogen-bond acceptors (Lipinski definition) is 3. The monoisotopic (exact) mass is 341 g/mol. The van der Waals surface area contributed by atoms with Crippen LogP contribution in [0.25, 0.3) is 0 Å². The van der Waals surface area contributed by atoms with Crippen LogP contribution >= 0.6 is 22.9 Å². The van der Waals surface area contributed by atoms with Crippen LogP contribution < -0.4 is 4.31 Å². The maximum absolute atomic E-state index is 12.9.